The number of hydrogen-bond acceptors (Lipinski definition) is 8. The molecule has 46 heavy (non-hydrogen) atoms. The van der Waals surface area contributed by atoms with Crippen molar-refractivity contribution in [2.45, 2.75) is 43.9 Å². The number of aryl methyl sites for hydroxylation is 1. The number of hydrogen-bond donors (Lipinski definition) is 1. The van der Waals surface area contributed by atoms with Crippen LogP contribution in [0.5, 0.6) is 6.01 Å². The van der Waals surface area contributed by atoms with Gasteiger partial charge in [-0.25, -0.2) is 13.2 Å². The highest BCUT2D eigenvalue weighted by Gasteiger charge is 2.56. The minimum atomic E-state index is -1.03. The number of benzene rings is 2. The lowest BCUT2D eigenvalue weighted by Gasteiger charge is -2.31. The van der Waals surface area contributed by atoms with E-state index in [1.54, 1.807) is 24.4 Å². The molecule has 0 amide bonds. The van der Waals surface area contributed by atoms with E-state index in [9.17, 15) is 8.78 Å². The molecule has 4 aliphatic rings. The number of rotatable bonds is 5. The molecule has 2 aromatic carbocycles. The quantitative estimate of drug-likeness (QED) is 0.230. The van der Waals surface area contributed by atoms with Gasteiger partial charge in [-0.3, -0.25) is 9.88 Å². The minimum absolute atomic E-state index is 0.123. The molecule has 8 rings (SSSR count). The molecule has 5 heterocycles. The van der Waals surface area contributed by atoms with Gasteiger partial charge < -0.3 is 20.1 Å². The maximum absolute atomic E-state index is 15.0. The molecular formula is C35H33F3N6O2. The molecule has 8 nitrogen and oxygen atoms in total. The lowest BCUT2D eigenvalue weighted by Crippen LogP contribution is -2.43. The van der Waals surface area contributed by atoms with Crippen LogP contribution >= 0.6 is 0 Å². The number of nitrogens with zero attached hydrogens (tertiary/aromatic N) is 5. The molecule has 4 fully saturated rings. The van der Waals surface area contributed by atoms with Crippen molar-refractivity contribution >= 4 is 33.2 Å². The lowest BCUT2D eigenvalue weighted by molar-refractivity contribution is 0.108. The standard InChI is InChI=1S/C35H33F3N6O2/c1-3-23-27(37)6-5-21-11-22(39)12-24(28(21)23)30-19(2)31-25(15-40-30)33(44-9-10-45-17-26-29(38)32(26)44)42-34(41-31)46-18-35-7-4-8-43(35)16-20(13-35)14-36/h1,5-6,11-12,14-15,26,29,32H,4,7-10,13,16-18,39H2,2H3/b20-14-/t26-,29-,32-,35-/m0/s1. The van der Waals surface area contributed by atoms with Crippen molar-refractivity contribution in [2.75, 3.05) is 50.1 Å². The number of nitrogens with two attached hydrogens (primary N) is 1. The third-order valence-corrected chi connectivity index (χ3v) is 10.2. The second-order valence-electron chi connectivity index (χ2n) is 12.9. The smallest absolute Gasteiger partial charge is 0.319 e. The number of ether oxygens (including phenoxy) is 2. The summed E-state index contributed by atoms with van der Waals surface area (Å²) in [6, 6.07) is 6.24. The fourth-order valence-electron chi connectivity index (χ4n) is 7.87. The summed E-state index contributed by atoms with van der Waals surface area (Å²) in [5.74, 6) is 2.27. The third kappa shape index (κ3) is 4.49. The van der Waals surface area contributed by atoms with E-state index < -0.39 is 12.0 Å². The summed E-state index contributed by atoms with van der Waals surface area (Å²) in [6.45, 7) is 4.86. The number of nitrogen functional groups attached to an aromatic ring is 1. The summed E-state index contributed by atoms with van der Waals surface area (Å²) in [7, 11) is 0. The van der Waals surface area contributed by atoms with Crippen LogP contribution in [0.3, 0.4) is 0 Å². The van der Waals surface area contributed by atoms with E-state index in [0.29, 0.717) is 89.1 Å². The SMILES string of the molecule is C#Cc1c(F)ccc2cc(N)cc(-c3ncc4c(N5CCOC[C@H]6[C@H](F)[C@H]65)nc(OC[C@@]56CCCN5C/C(=C\F)C6)nc4c3C)c12. The van der Waals surface area contributed by atoms with Gasteiger partial charge in [0, 0.05) is 47.4 Å². The van der Waals surface area contributed by atoms with Crippen molar-refractivity contribution in [3.63, 3.8) is 0 Å². The third-order valence-electron chi connectivity index (χ3n) is 10.2. The summed E-state index contributed by atoms with van der Waals surface area (Å²) < 4.78 is 55.6. The fourth-order valence-corrected chi connectivity index (χ4v) is 7.87. The first kappa shape index (κ1) is 29.0. The molecule has 2 aromatic heterocycles. The average Bonchev–Trinajstić information content (AvgIpc) is 3.41. The Bertz CT molecular complexity index is 1980. The summed E-state index contributed by atoms with van der Waals surface area (Å²) in [6.07, 6.45) is 9.60. The van der Waals surface area contributed by atoms with Crippen LogP contribution in [0.2, 0.25) is 0 Å². The van der Waals surface area contributed by atoms with Gasteiger partial charge in [-0.15, -0.1) is 6.42 Å². The number of pyridine rings is 1. The van der Waals surface area contributed by atoms with Crippen LogP contribution in [0, 0.1) is 31.0 Å². The molecule has 236 valence electrons. The first-order chi connectivity index (χ1) is 22.3. The molecule has 4 atom stereocenters. The molecule has 1 aliphatic carbocycles. The average molecular weight is 627 g/mol. The Kier molecular flexibility index (Phi) is 6.85. The highest BCUT2D eigenvalue weighted by Crippen LogP contribution is 2.46. The van der Waals surface area contributed by atoms with Gasteiger partial charge in [-0.2, -0.15) is 9.97 Å². The summed E-state index contributed by atoms with van der Waals surface area (Å²) >= 11 is 0. The highest BCUT2D eigenvalue weighted by molar-refractivity contribution is 6.04. The first-order valence-corrected chi connectivity index (χ1v) is 15.6. The van der Waals surface area contributed by atoms with Crippen molar-refractivity contribution in [3.05, 3.63) is 59.3 Å². The van der Waals surface area contributed by atoms with Crippen LogP contribution < -0.4 is 15.4 Å². The predicted molar refractivity (Wildman–Crippen MR) is 170 cm³/mol. The van der Waals surface area contributed by atoms with E-state index in [1.807, 2.05) is 11.8 Å². The molecule has 0 spiro atoms. The number of fused-ring (bicyclic) bond motifs is 4. The zero-order chi connectivity index (χ0) is 31.7. The molecule has 3 saturated heterocycles. The molecule has 1 saturated carbocycles. The number of aromatic nitrogens is 3. The van der Waals surface area contributed by atoms with E-state index in [1.165, 1.54) is 6.07 Å². The Morgan fingerprint density at radius 1 is 1.26 bits per heavy atom. The van der Waals surface area contributed by atoms with Crippen molar-refractivity contribution in [3.8, 4) is 29.6 Å². The second kappa shape index (κ2) is 10.9. The second-order valence-corrected chi connectivity index (χ2v) is 12.9. The Morgan fingerprint density at radius 2 is 2.13 bits per heavy atom. The molecule has 0 unspecified atom stereocenters. The number of alkyl halides is 1. The summed E-state index contributed by atoms with van der Waals surface area (Å²) in [4.78, 5) is 18.8. The van der Waals surface area contributed by atoms with E-state index in [0.717, 1.165) is 25.0 Å². The van der Waals surface area contributed by atoms with Crippen molar-refractivity contribution < 1.29 is 22.6 Å². The number of anilines is 2. The summed E-state index contributed by atoms with van der Waals surface area (Å²) in [5.41, 5.74) is 9.69. The van der Waals surface area contributed by atoms with Gasteiger partial charge in [0.2, 0.25) is 0 Å². The Balaban J connectivity index is 1.29. The lowest BCUT2D eigenvalue weighted by atomic mass is 9.94. The van der Waals surface area contributed by atoms with Crippen LogP contribution in [0.1, 0.15) is 30.4 Å². The van der Waals surface area contributed by atoms with Gasteiger partial charge in [-0.05, 0) is 61.9 Å². The monoisotopic (exact) mass is 626 g/mol. The van der Waals surface area contributed by atoms with Crippen LogP contribution in [0.4, 0.5) is 24.7 Å². The maximum atomic E-state index is 15.0. The highest BCUT2D eigenvalue weighted by atomic mass is 19.1. The summed E-state index contributed by atoms with van der Waals surface area (Å²) in [5, 5.41) is 1.85. The fraction of sp³-hybridized carbons (Fsp3) is 0.400. The van der Waals surface area contributed by atoms with Crippen molar-refractivity contribution in [1.29, 1.82) is 0 Å². The molecule has 0 radical (unpaired) electrons. The first-order valence-electron chi connectivity index (χ1n) is 15.6. The largest absolute Gasteiger partial charge is 0.461 e. The van der Waals surface area contributed by atoms with E-state index in [4.69, 9.17) is 36.6 Å². The van der Waals surface area contributed by atoms with Gasteiger partial charge in [0.25, 0.3) is 0 Å². The molecule has 0 bridgehead atoms. The molecule has 4 aromatic rings. The predicted octanol–water partition coefficient (Wildman–Crippen LogP) is 5.50. The van der Waals surface area contributed by atoms with Gasteiger partial charge in [0.05, 0.1) is 53.3 Å². The number of halogens is 3. The maximum Gasteiger partial charge on any atom is 0.319 e. The van der Waals surface area contributed by atoms with Crippen LogP contribution in [0.25, 0.3) is 32.9 Å². The van der Waals surface area contributed by atoms with Crippen molar-refractivity contribution in [1.82, 2.24) is 19.9 Å². The van der Waals surface area contributed by atoms with Crippen LogP contribution in [-0.4, -0.2) is 77.1 Å². The minimum Gasteiger partial charge on any atom is -0.461 e. The normalized spacial score (nSPS) is 26.7. The zero-order valence-corrected chi connectivity index (χ0v) is 25.4. The van der Waals surface area contributed by atoms with Crippen molar-refractivity contribution in [2.24, 2.45) is 5.92 Å². The van der Waals surface area contributed by atoms with Gasteiger partial charge in [-0.1, -0.05) is 12.0 Å². The van der Waals surface area contributed by atoms with Gasteiger partial charge >= 0.3 is 6.01 Å². The molecule has 3 aliphatic heterocycles. The molecular weight excluding hydrogens is 593 g/mol. The molecule has 2 N–H and O–H groups in total. The van der Waals surface area contributed by atoms with E-state index in [-0.39, 0.29) is 35.7 Å². The van der Waals surface area contributed by atoms with E-state index >= 15 is 4.39 Å². The molecule has 11 heteroatoms. The van der Waals surface area contributed by atoms with Crippen LogP contribution in [0.15, 0.2) is 42.4 Å². The Morgan fingerprint density at radius 3 is 2.96 bits per heavy atom. The van der Waals surface area contributed by atoms with Gasteiger partial charge in [0.1, 0.15) is 24.4 Å². The van der Waals surface area contributed by atoms with Gasteiger partial charge in [0.15, 0.2) is 0 Å². The van der Waals surface area contributed by atoms with Crippen LogP contribution in [-0.2, 0) is 4.74 Å². The topological polar surface area (TPSA) is 89.6 Å². The Labute approximate surface area is 264 Å². The van der Waals surface area contributed by atoms with E-state index in [2.05, 4.69) is 10.8 Å². The Hall–Kier alpha value is -4.40. The zero-order valence-electron chi connectivity index (χ0n) is 25.4. The number of terminal acetylenes is 1.